The van der Waals surface area contributed by atoms with E-state index in [2.05, 4.69) is 55.5 Å². The summed E-state index contributed by atoms with van der Waals surface area (Å²) in [5, 5.41) is 7.81. The fourth-order valence-corrected chi connectivity index (χ4v) is 2.84. The van der Waals surface area contributed by atoms with Gasteiger partial charge in [0, 0.05) is 17.8 Å². The first-order valence-corrected chi connectivity index (χ1v) is 8.84. The summed E-state index contributed by atoms with van der Waals surface area (Å²) < 4.78 is 1.73. The Kier molecular flexibility index (Phi) is 4.88. The highest BCUT2D eigenvalue weighted by Gasteiger charge is 2.16. The van der Waals surface area contributed by atoms with Gasteiger partial charge in [0.25, 0.3) is 5.91 Å². The average molecular weight is 368 g/mol. The van der Waals surface area contributed by atoms with Crippen molar-refractivity contribution in [3.63, 3.8) is 0 Å². The van der Waals surface area contributed by atoms with Gasteiger partial charge in [-0.15, -0.1) is 0 Å². The van der Waals surface area contributed by atoms with Gasteiger partial charge < -0.3 is 5.32 Å². The summed E-state index contributed by atoms with van der Waals surface area (Å²) in [6, 6.07) is 17.2. The minimum absolute atomic E-state index is 0.106. The average Bonchev–Trinajstić information content (AvgIpc) is 2.98. The standard InChI is InChI=1S/C21H22ClN3O/c1-21(2,3)15-7-5-14(6-8-15)19-13-18(24-25(19)4)20(26)23-17-11-9-16(22)10-12-17/h5-13H,1-4H3,(H,23,26). The van der Waals surface area contributed by atoms with Gasteiger partial charge in [-0.3, -0.25) is 9.48 Å². The van der Waals surface area contributed by atoms with E-state index in [0.29, 0.717) is 16.4 Å². The Hall–Kier alpha value is -2.59. The van der Waals surface area contributed by atoms with Crippen LogP contribution in [-0.4, -0.2) is 15.7 Å². The fraction of sp³-hybridized carbons (Fsp3) is 0.238. The number of anilines is 1. The summed E-state index contributed by atoms with van der Waals surface area (Å²) in [5.74, 6) is -0.250. The molecule has 0 fully saturated rings. The van der Waals surface area contributed by atoms with Crippen LogP contribution in [-0.2, 0) is 12.5 Å². The maximum Gasteiger partial charge on any atom is 0.276 e. The molecule has 4 nitrogen and oxygen atoms in total. The highest BCUT2D eigenvalue weighted by Crippen LogP contribution is 2.26. The molecule has 2 aromatic carbocycles. The van der Waals surface area contributed by atoms with Crippen LogP contribution in [0.5, 0.6) is 0 Å². The summed E-state index contributed by atoms with van der Waals surface area (Å²) >= 11 is 5.87. The lowest BCUT2D eigenvalue weighted by Crippen LogP contribution is -2.12. The van der Waals surface area contributed by atoms with Crippen LogP contribution >= 0.6 is 11.6 Å². The molecular formula is C21H22ClN3O. The number of rotatable bonds is 3. The number of nitrogens with one attached hydrogen (secondary N) is 1. The van der Waals surface area contributed by atoms with Crippen LogP contribution in [0.4, 0.5) is 5.69 Å². The first-order valence-electron chi connectivity index (χ1n) is 8.46. The summed E-state index contributed by atoms with van der Waals surface area (Å²) in [7, 11) is 1.84. The number of halogens is 1. The summed E-state index contributed by atoms with van der Waals surface area (Å²) in [6.45, 7) is 6.56. The van der Waals surface area contributed by atoms with Gasteiger partial charge in [-0.1, -0.05) is 56.6 Å². The number of hydrogen-bond donors (Lipinski definition) is 1. The van der Waals surface area contributed by atoms with Crippen LogP contribution in [0.15, 0.2) is 54.6 Å². The summed E-state index contributed by atoms with van der Waals surface area (Å²) in [4.78, 5) is 12.5. The molecule has 0 saturated heterocycles. The number of aromatic nitrogens is 2. The largest absolute Gasteiger partial charge is 0.321 e. The molecule has 0 saturated carbocycles. The molecule has 0 atom stereocenters. The monoisotopic (exact) mass is 367 g/mol. The van der Waals surface area contributed by atoms with Crippen LogP contribution < -0.4 is 5.32 Å². The Morgan fingerprint density at radius 3 is 2.23 bits per heavy atom. The van der Waals surface area contributed by atoms with Crippen molar-refractivity contribution in [3.8, 4) is 11.3 Å². The number of benzene rings is 2. The Morgan fingerprint density at radius 2 is 1.65 bits per heavy atom. The van der Waals surface area contributed by atoms with Gasteiger partial charge in [0.05, 0.1) is 5.69 Å². The van der Waals surface area contributed by atoms with Crippen LogP contribution in [0.1, 0.15) is 36.8 Å². The highest BCUT2D eigenvalue weighted by molar-refractivity contribution is 6.30. The number of hydrogen-bond acceptors (Lipinski definition) is 2. The van der Waals surface area contributed by atoms with Gasteiger partial charge in [-0.05, 0) is 46.9 Å². The van der Waals surface area contributed by atoms with Crippen molar-refractivity contribution >= 4 is 23.2 Å². The molecular weight excluding hydrogens is 346 g/mol. The summed E-state index contributed by atoms with van der Waals surface area (Å²) in [5.41, 5.74) is 4.35. The van der Waals surface area contributed by atoms with Crippen molar-refractivity contribution < 1.29 is 4.79 Å². The molecule has 0 spiro atoms. The number of amides is 1. The van der Waals surface area contributed by atoms with E-state index in [1.807, 2.05) is 7.05 Å². The first kappa shape index (κ1) is 18.2. The highest BCUT2D eigenvalue weighted by atomic mass is 35.5. The molecule has 0 aliphatic carbocycles. The molecule has 134 valence electrons. The molecule has 1 amide bonds. The van der Waals surface area contributed by atoms with E-state index in [0.717, 1.165) is 11.3 Å². The van der Waals surface area contributed by atoms with E-state index in [-0.39, 0.29) is 11.3 Å². The van der Waals surface area contributed by atoms with Gasteiger partial charge in [-0.2, -0.15) is 5.10 Å². The van der Waals surface area contributed by atoms with Crippen molar-refractivity contribution in [2.75, 3.05) is 5.32 Å². The third kappa shape index (κ3) is 3.97. The van der Waals surface area contributed by atoms with E-state index in [1.165, 1.54) is 5.56 Å². The Morgan fingerprint density at radius 1 is 1.04 bits per heavy atom. The molecule has 1 N–H and O–H groups in total. The molecule has 3 rings (SSSR count). The lowest BCUT2D eigenvalue weighted by Gasteiger charge is -2.19. The maximum absolute atomic E-state index is 12.5. The van der Waals surface area contributed by atoms with Crippen molar-refractivity contribution in [2.45, 2.75) is 26.2 Å². The quantitative estimate of drug-likeness (QED) is 0.683. The zero-order valence-corrected chi connectivity index (χ0v) is 16.1. The molecule has 1 aromatic heterocycles. The zero-order chi connectivity index (χ0) is 18.9. The number of nitrogens with zero attached hydrogens (tertiary/aromatic N) is 2. The van der Waals surface area contributed by atoms with Crippen LogP contribution in [0.3, 0.4) is 0 Å². The molecule has 0 aliphatic heterocycles. The van der Waals surface area contributed by atoms with E-state index in [4.69, 9.17) is 11.6 Å². The molecule has 0 bridgehead atoms. The molecule has 5 heteroatoms. The van der Waals surface area contributed by atoms with Gasteiger partial charge >= 0.3 is 0 Å². The van der Waals surface area contributed by atoms with Crippen molar-refractivity contribution in [1.29, 1.82) is 0 Å². The van der Waals surface area contributed by atoms with E-state index in [1.54, 1.807) is 35.0 Å². The van der Waals surface area contributed by atoms with Crippen LogP contribution in [0.2, 0.25) is 5.02 Å². The molecule has 3 aromatic rings. The Bertz CT molecular complexity index is 919. The minimum Gasteiger partial charge on any atom is -0.321 e. The fourth-order valence-electron chi connectivity index (χ4n) is 2.72. The normalized spacial score (nSPS) is 11.4. The smallest absolute Gasteiger partial charge is 0.276 e. The lowest BCUT2D eigenvalue weighted by atomic mass is 9.86. The maximum atomic E-state index is 12.5. The molecule has 0 unspecified atom stereocenters. The summed E-state index contributed by atoms with van der Waals surface area (Å²) in [6.07, 6.45) is 0. The van der Waals surface area contributed by atoms with E-state index >= 15 is 0 Å². The van der Waals surface area contributed by atoms with Crippen LogP contribution in [0, 0.1) is 0 Å². The lowest BCUT2D eigenvalue weighted by molar-refractivity contribution is 0.102. The second-order valence-electron chi connectivity index (χ2n) is 7.33. The minimum atomic E-state index is -0.250. The SMILES string of the molecule is Cn1nc(C(=O)Nc2ccc(Cl)cc2)cc1-c1ccc(C(C)(C)C)cc1. The molecule has 0 aliphatic rings. The van der Waals surface area contributed by atoms with Gasteiger partial charge in [-0.25, -0.2) is 0 Å². The van der Waals surface area contributed by atoms with Crippen molar-refractivity contribution in [3.05, 3.63) is 70.9 Å². The molecule has 1 heterocycles. The predicted octanol–water partition coefficient (Wildman–Crippen LogP) is 5.29. The third-order valence-electron chi connectivity index (χ3n) is 4.26. The Balaban J connectivity index is 1.82. The van der Waals surface area contributed by atoms with Gasteiger partial charge in [0.15, 0.2) is 5.69 Å². The number of aryl methyl sites for hydroxylation is 1. The number of carbonyl (C=O) groups excluding carboxylic acids is 1. The Labute approximate surface area is 158 Å². The zero-order valence-electron chi connectivity index (χ0n) is 15.4. The van der Waals surface area contributed by atoms with E-state index < -0.39 is 0 Å². The van der Waals surface area contributed by atoms with Crippen molar-refractivity contribution in [1.82, 2.24) is 9.78 Å². The second kappa shape index (κ2) is 6.96. The van der Waals surface area contributed by atoms with Gasteiger partial charge in [0.1, 0.15) is 0 Å². The second-order valence-corrected chi connectivity index (χ2v) is 7.76. The molecule has 0 radical (unpaired) electrons. The number of carbonyl (C=O) groups is 1. The van der Waals surface area contributed by atoms with Crippen molar-refractivity contribution in [2.24, 2.45) is 7.05 Å². The molecule has 26 heavy (non-hydrogen) atoms. The van der Waals surface area contributed by atoms with E-state index in [9.17, 15) is 4.79 Å². The van der Waals surface area contributed by atoms with Crippen LogP contribution in [0.25, 0.3) is 11.3 Å². The first-order chi connectivity index (χ1) is 12.2. The van der Waals surface area contributed by atoms with Gasteiger partial charge in [0.2, 0.25) is 0 Å². The third-order valence-corrected chi connectivity index (χ3v) is 4.51. The topological polar surface area (TPSA) is 46.9 Å². The predicted molar refractivity (Wildman–Crippen MR) is 107 cm³/mol.